The van der Waals surface area contributed by atoms with E-state index in [4.69, 9.17) is 9.47 Å². The highest BCUT2D eigenvalue weighted by Crippen LogP contribution is 2.25. The van der Waals surface area contributed by atoms with Crippen LogP contribution in [0.4, 0.5) is 0 Å². The highest BCUT2D eigenvalue weighted by molar-refractivity contribution is 9.10. The van der Waals surface area contributed by atoms with Crippen LogP contribution in [-0.4, -0.2) is 38.3 Å². The lowest BCUT2D eigenvalue weighted by atomic mass is 10.1. The summed E-state index contributed by atoms with van der Waals surface area (Å²) in [4.78, 5) is 2.49. The number of nitrogens with zero attached hydrogens (tertiary/aromatic N) is 1. The molecule has 0 fully saturated rings. The molecular weight excluding hydrogens is 318 g/mol. The van der Waals surface area contributed by atoms with Crippen molar-refractivity contribution < 1.29 is 9.47 Å². The fourth-order valence-corrected chi connectivity index (χ4v) is 2.79. The van der Waals surface area contributed by atoms with Crippen LogP contribution in [0.2, 0.25) is 0 Å². The molecule has 114 valence electrons. The van der Waals surface area contributed by atoms with Crippen LogP contribution in [-0.2, 0) is 11.3 Å². The smallest absolute Gasteiger partial charge is 0.119 e. The lowest BCUT2D eigenvalue weighted by Crippen LogP contribution is -2.36. The lowest BCUT2D eigenvalue weighted by molar-refractivity contribution is 0.110. The van der Waals surface area contributed by atoms with E-state index in [-0.39, 0.29) is 0 Å². The second-order valence-electron chi connectivity index (χ2n) is 4.89. The molecule has 1 rings (SSSR count). The quantitative estimate of drug-likeness (QED) is 0.673. The van der Waals surface area contributed by atoms with Gasteiger partial charge in [0.15, 0.2) is 0 Å². The van der Waals surface area contributed by atoms with Gasteiger partial charge in [-0.3, -0.25) is 4.90 Å². The molecule has 1 aromatic carbocycles. The molecule has 0 saturated carbocycles. The summed E-state index contributed by atoms with van der Waals surface area (Å²) >= 11 is 3.64. The van der Waals surface area contributed by atoms with E-state index >= 15 is 0 Å². The van der Waals surface area contributed by atoms with E-state index in [0.717, 1.165) is 42.8 Å². The van der Waals surface area contributed by atoms with Crippen LogP contribution in [0.3, 0.4) is 0 Å². The van der Waals surface area contributed by atoms with E-state index in [1.165, 1.54) is 5.56 Å². The molecule has 0 aliphatic rings. The van der Waals surface area contributed by atoms with E-state index < -0.39 is 0 Å². The minimum Gasteiger partial charge on any atom is -0.497 e. The van der Waals surface area contributed by atoms with Crippen molar-refractivity contribution in [1.29, 1.82) is 0 Å². The molecule has 4 heteroatoms. The summed E-state index contributed by atoms with van der Waals surface area (Å²) in [7, 11) is 3.46. The molecule has 0 spiro atoms. The number of halogens is 1. The standard InChI is InChI=1S/C16H26BrNO2/c1-5-14(6-2)18(9-10-19-3)12-13-11-15(20-4)7-8-16(13)17/h7-8,11,14H,5-6,9-10,12H2,1-4H3. The van der Waals surface area contributed by atoms with Crippen LogP contribution in [0.15, 0.2) is 22.7 Å². The van der Waals surface area contributed by atoms with Gasteiger partial charge in [0, 0.05) is 30.7 Å². The summed E-state index contributed by atoms with van der Waals surface area (Å²) in [5, 5.41) is 0. The molecule has 0 aliphatic heterocycles. The number of rotatable bonds is 9. The van der Waals surface area contributed by atoms with Gasteiger partial charge in [0.25, 0.3) is 0 Å². The molecule has 0 aromatic heterocycles. The number of ether oxygens (including phenoxy) is 2. The van der Waals surface area contributed by atoms with Crippen LogP contribution in [0.25, 0.3) is 0 Å². The zero-order chi connectivity index (χ0) is 15.0. The van der Waals surface area contributed by atoms with Gasteiger partial charge in [-0.25, -0.2) is 0 Å². The first-order valence-corrected chi connectivity index (χ1v) is 8.00. The number of methoxy groups -OCH3 is 2. The third-order valence-electron chi connectivity index (χ3n) is 3.67. The Bertz CT molecular complexity index is 394. The SMILES string of the molecule is CCC(CC)N(CCOC)Cc1cc(OC)ccc1Br. The third-order valence-corrected chi connectivity index (χ3v) is 4.44. The van der Waals surface area contributed by atoms with Crippen molar-refractivity contribution in [2.45, 2.75) is 39.3 Å². The van der Waals surface area contributed by atoms with E-state index in [2.05, 4.69) is 46.8 Å². The van der Waals surface area contributed by atoms with Crippen LogP contribution >= 0.6 is 15.9 Å². The first-order valence-electron chi connectivity index (χ1n) is 7.21. The van der Waals surface area contributed by atoms with Gasteiger partial charge in [0.1, 0.15) is 5.75 Å². The summed E-state index contributed by atoms with van der Waals surface area (Å²) in [6.07, 6.45) is 2.31. The highest BCUT2D eigenvalue weighted by atomic mass is 79.9. The van der Waals surface area contributed by atoms with Crippen molar-refractivity contribution in [2.24, 2.45) is 0 Å². The molecule has 0 bridgehead atoms. The number of hydrogen-bond donors (Lipinski definition) is 0. The van der Waals surface area contributed by atoms with Crippen LogP contribution in [0, 0.1) is 0 Å². The molecule has 0 N–H and O–H groups in total. The number of hydrogen-bond acceptors (Lipinski definition) is 3. The van der Waals surface area contributed by atoms with Gasteiger partial charge in [-0.1, -0.05) is 29.8 Å². The zero-order valence-corrected chi connectivity index (χ0v) is 14.6. The van der Waals surface area contributed by atoms with Crippen molar-refractivity contribution in [3.8, 4) is 5.75 Å². The predicted molar refractivity (Wildman–Crippen MR) is 87.4 cm³/mol. The fraction of sp³-hybridized carbons (Fsp3) is 0.625. The zero-order valence-electron chi connectivity index (χ0n) is 13.0. The Morgan fingerprint density at radius 3 is 2.45 bits per heavy atom. The highest BCUT2D eigenvalue weighted by Gasteiger charge is 2.16. The molecule has 0 heterocycles. The maximum Gasteiger partial charge on any atom is 0.119 e. The van der Waals surface area contributed by atoms with Gasteiger partial charge in [0.05, 0.1) is 13.7 Å². The maximum atomic E-state index is 5.32. The second-order valence-corrected chi connectivity index (χ2v) is 5.75. The van der Waals surface area contributed by atoms with Crippen molar-refractivity contribution >= 4 is 15.9 Å². The van der Waals surface area contributed by atoms with Gasteiger partial charge in [-0.2, -0.15) is 0 Å². The molecule has 0 saturated heterocycles. The van der Waals surface area contributed by atoms with E-state index in [9.17, 15) is 0 Å². The monoisotopic (exact) mass is 343 g/mol. The first-order chi connectivity index (χ1) is 9.65. The van der Waals surface area contributed by atoms with Crippen molar-refractivity contribution in [3.63, 3.8) is 0 Å². The van der Waals surface area contributed by atoms with E-state index in [0.29, 0.717) is 6.04 Å². The molecule has 1 aromatic rings. The average Bonchev–Trinajstić information content (AvgIpc) is 2.47. The topological polar surface area (TPSA) is 21.7 Å². The van der Waals surface area contributed by atoms with Crippen molar-refractivity contribution in [2.75, 3.05) is 27.4 Å². The number of benzene rings is 1. The molecule has 0 aliphatic carbocycles. The lowest BCUT2D eigenvalue weighted by Gasteiger charge is -2.30. The predicted octanol–water partition coefficient (Wildman–Crippen LogP) is 4.09. The Morgan fingerprint density at radius 1 is 1.20 bits per heavy atom. The average molecular weight is 344 g/mol. The summed E-state index contributed by atoms with van der Waals surface area (Å²) in [6, 6.07) is 6.72. The van der Waals surface area contributed by atoms with E-state index in [1.54, 1.807) is 14.2 Å². The van der Waals surface area contributed by atoms with Gasteiger partial charge in [-0.15, -0.1) is 0 Å². The molecular formula is C16H26BrNO2. The van der Waals surface area contributed by atoms with Crippen molar-refractivity contribution in [1.82, 2.24) is 4.90 Å². The Balaban J connectivity index is 2.87. The Morgan fingerprint density at radius 2 is 1.90 bits per heavy atom. The normalized spacial score (nSPS) is 11.3. The molecule has 20 heavy (non-hydrogen) atoms. The summed E-state index contributed by atoms with van der Waals surface area (Å²) in [6.45, 7) is 7.11. The largest absolute Gasteiger partial charge is 0.497 e. The van der Waals surface area contributed by atoms with Gasteiger partial charge < -0.3 is 9.47 Å². The Labute approximate surface area is 131 Å². The van der Waals surface area contributed by atoms with E-state index in [1.807, 2.05) is 6.07 Å². The molecule has 0 radical (unpaired) electrons. The van der Waals surface area contributed by atoms with Gasteiger partial charge >= 0.3 is 0 Å². The molecule has 3 nitrogen and oxygen atoms in total. The fourth-order valence-electron chi connectivity index (χ4n) is 2.42. The third kappa shape index (κ3) is 5.08. The van der Waals surface area contributed by atoms with Gasteiger partial charge in [-0.05, 0) is 36.6 Å². The molecule has 0 atom stereocenters. The minimum absolute atomic E-state index is 0.586. The molecule has 0 unspecified atom stereocenters. The Hall–Kier alpha value is -0.580. The van der Waals surface area contributed by atoms with Crippen molar-refractivity contribution in [3.05, 3.63) is 28.2 Å². The molecule has 0 amide bonds. The summed E-state index contributed by atoms with van der Waals surface area (Å²) in [5.74, 6) is 0.902. The maximum absolute atomic E-state index is 5.32. The first kappa shape index (κ1) is 17.5. The minimum atomic E-state index is 0.586. The second kappa shape index (κ2) is 9.37. The summed E-state index contributed by atoms with van der Waals surface area (Å²) < 4.78 is 11.7. The van der Waals surface area contributed by atoms with Crippen LogP contribution in [0.5, 0.6) is 5.75 Å². The van der Waals surface area contributed by atoms with Crippen LogP contribution < -0.4 is 4.74 Å². The summed E-state index contributed by atoms with van der Waals surface area (Å²) in [5.41, 5.74) is 1.26. The van der Waals surface area contributed by atoms with Crippen LogP contribution in [0.1, 0.15) is 32.3 Å². The Kier molecular flexibility index (Phi) is 8.19. The van der Waals surface area contributed by atoms with Gasteiger partial charge in [0.2, 0.25) is 0 Å².